The lowest BCUT2D eigenvalue weighted by Gasteiger charge is -2.15. The molecular formula is C30H26F2N8O3. The number of ether oxygens (including phenoxy) is 1. The third-order valence-electron chi connectivity index (χ3n) is 6.98. The number of pyridine rings is 1. The van der Waals surface area contributed by atoms with E-state index in [-0.39, 0.29) is 29.1 Å². The van der Waals surface area contributed by atoms with Crippen LogP contribution in [-0.2, 0) is 4.79 Å². The first-order valence-electron chi connectivity index (χ1n) is 13.4. The lowest BCUT2D eigenvalue weighted by molar-refractivity contribution is -0.111. The van der Waals surface area contributed by atoms with E-state index in [0.717, 1.165) is 37.7 Å². The highest BCUT2D eigenvalue weighted by atomic mass is 19.1. The molecule has 3 aromatic heterocycles. The molecular weight excluding hydrogens is 558 g/mol. The molecule has 1 unspecified atom stereocenters. The zero-order chi connectivity index (χ0) is 30.1. The Morgan fingerprint density at radius 2 is 1.98 bits per heavy atom. The van der Waals surface area contributed by atoms with Crippen molar-refractivity contribution in [2.75, 3.05) is 30.8 Å². The number of nitrogens with one attached hydrogen (secondary N) is 2. The third kappa shape index (κ3) is 5.83. The van der Waals surface area contributed by atoms with Crippen LogP contribution in [0.2, 0.25) is 0 Å². The van der Waals surface area contributed by atoms with Gasteiger partial charge in [0, 0.05) is 36.1 Å². The number of amides is 1. The second kappa shape index (κ2) is 11.4. The van der Waals surface area contributed by atoms with Crippen LogP contribution in [0, 0.1) is 11.6 Å². The van der Waals surface area contributed by atoms with Gasteiger partial charge >= 0.3 is 0 Å². The molecule has 6 rings (SSSR count). The van der Waals surface area contributed by atoms with Crippen LogP contribution < -0.4 is 20.9 Å². The van der Waals surface area contributed by atoms with Crippen LogP contribution in [0.25, 0.3) is 16.7 Å². The van der Waals surface area contributed by atoms with Crippen LogP contribution in [0.3, 0.4) is 0 Å². The Kier molecular flexibility index (Phi) is 7.38. The van der Waals surface area contributed by atoms with Crippen molar-refractivity contribution in [3.8, 4) is 17.2 Å². The Hall–Kier alpha value is -5.43. The maximum absolute atomic E-state index is 14.4. The Morgan fingerprint density at radius 3 is 2.74 bits per heavy atom. The molecule has 1 aliphatic rings. The number of hydrogen-bond donors (Lipinski definition) is 2. The first-order valence-corrected chi connectivity index (χ1v) is 13.4. The molecule has 1 amide bonds. The molecule has 4 heterocycles. The number of carbonyl (C=O) groups is 1. The number of rotatable bonds is 8. The van der Waals surface area contributed by atoms with E-state index in [0.29, 0.717) is 28.5 Å². The number of likely N-dealkylation sites (tertiary alicyclic amines) is 1. The topological polar surface area (TPSA) is 119 Å². The molecule has 0 spiro atoms. The van der Waals surface area contributed by atoms with E-state index in [1.165, 1.54) is 16.8 Å². The number of fused-ring (bicyclic) bond motifs is 1. The van der Waals surface area contributed by atoms with Crippen LogP contribution in [0.4, 0.5) is 26.1 Å². The first kappa shape index (κ1) is 27.7. The molecule has 1 atom stereocenters. The highest BCUT2D eigenvalue weighted by molar-refractivity contribution is 5.99. The molecule has 0 aliphatic carbocycles. The van der Waals surface area contributed by atoms with E-state index in [9.17, 15) is 18.4 Å². The van der Waals surface area contributed by atoms with Gasteiger partial charge in [-0.3, -0.25) is 18.8 Å². The minimum absolute atomic E-state index is 0.207. The van der Waals surface area contributed by atoms with Crippen molar-refractivity contribution in [1.82, 2.24) is 29.2 Å². The molecule has 0 radical (unpaired) electrons. The summed E-state index contributed by atoms with van der Waals surface area (Å²) in [5, 5.41) is 10.7. The number of nitrogens with zero attached hydrogens (tertiary/aromatic N) is 6. The van der Waals surface area contributed by atoms with Crippen LogP contribution in [0.15, 0.2) is 84.6 Å². The Labute approximate surface area is 244 Å². The molecule has 1 aliphatic heterocycles. The summed E-state index contributed by atoms with van der Waals surface area (Å²) in [4.78, 5) is 37.0. The summed E-state index contributed by atoms with van der Waals surface area (Å²) >= 11 is 0. The average Bonchev–Trinajstić information content (AvgIpc) is 3.64. The zero-order valence-corrected chi connectivity index (χ0v) is 23.0. The van der Waals surface area contributed by atoms with Gasteiger partial charge in [-0.25, -0.2) is 13.8 Å². The van der Waals surface area contributed by atoms with Crippen LogP contribution >= 0.6 is 0 Å². The number of hydrogen-bond acceptors (Lipinski definition) is 8. The molecule has 0 saturated carbocycles. The maximum atomic E-state index is 14.4. The van der Waals surface area contributed by atoms with Crippen molar-refractivity contribution < 1.29 is 18.3 Å². The van der Waals surface area contributed by atoms with Gasteiger partial charge in [0.15, 0.2) is 23.0 Å². The van der Waals surface area contributed by atoms with Crippen LogP contribution in [-0.4, -0.2) is 55.3 Å². The van der Waals surface area contributed by atoms with Gasteiger partial charge in [-0.2, -0.15) is 10.1 Å². The highest BCUT2D eigenvalue weighted by Crippen LogP contribution is 2.28. The van der Waals surface area contributed by atoms with Gasteiger partial charge in [0.25, 0.3) is 5.56 Å². The van der Waals surface area contributed by atoms with E-state index in [2.05, 4.69) is 44.2 Å². The Balaban J connectivity index is 1.42. The number of aromatic nitrogens is 5. The minimum atomic E-state index is -0.972. The predicted octanol–water partition coefficient (Wildman–Crippen LogP) is 4.79. The van der Waals surface area contributed by atoms with Gasteiger partial charge in [0.05, 0.1) is 23.6 Å². The van der Waals surface area contributed by atoms with Crippen molar-refractivity contribution in [2.24, 2.45) is 0 Å². The smallest absolute Gasteiger partial charge is 0.299 e. The van der Waals surface area contributed by atoms with Crippen molar-refractivity contribution in [2.45, 2.75) is 12.5 Å². The standard InChI is InChI=1S/C30H26F2N8O3/c1-3-27(41)35-20-5-4-6-22(13-20)40-28-18(11-26(29(40)42)43-25-8-7-19(31)12-24(25)32)14-33-30(37-28)36-21-15-34-39(16-21)23-9-10-38(2)17-23/h3-8,11-16,23H,1,9-10,17H2,2H3,(H,35,41)(H,33,36,37). The number of carbonyl (C=O) groups excluding carboxylic acids is 1. The van der Waals surface area contributed by atoms with Gasteiger partial charge in [-0.05, 0) is 62.5 Å². The van der Waals surface area contributed by atoms with Gasteiger partial charge in [-0.15, -0.1) is 0 Å². The minimum Gasteiger partial charge on any atom is -0.448 e. The molecule has 2 N–H and O–H groups in total. The van der Waals surface area contributed by atoms with E-state index in [1.807, 2.05) is 10.9 Å². The molecule has 218 valence electrons. The number of benzene rings is 2. The lowest BCUT2D eigenvalue weighted by Crippen LogP contribution is -2.21. The molecule has 0 bridgehead atoms. The van der Waals surface area contributed by atoms with Gasteiger partial charge in [0.1, 0.15) is 5.82 Å². The lowest BCUT2D eigenvalue weighted by atomic mass is 10.2. The molecule has 5 aromatic rings. The summed E-state index contributed by atoms with van der Waals surface area (Å²) in [6.07, 6.45) is 7.17. The molecule has 1 fully saturated rings. The SMILES string of the molecule is C=CC(=O)Nc1cccc(-n2c(=O)c(Oc3ccc(F)cc3F)cc3cnc(Nc4cnn(C5CCN(C)C5)c4)nc32)c1. The Bertz CT molecular complexity index is 1920. The molecule has 2 aromatic carbocycles. The summed E-state index contributed by atoms with van der Waals surface area (Å²) in [6, 6.07) is 10.9. The largest absolute Gasteiger partial charge is 0.448 e. The van der Waals surface area contributed by atoms with Crippen molar-refractivity contribution in [1.29, 1.82) is 0 Å². The molecule has 13 heteroatoms. The first-order chi connectivity index (χ1) is 20.8. The van der Waals surface area contributed by atoms with Crippen molar-refractivity contribution in [3.05, 3.63) is 102 Å². The second-order valence-corrected chi connectivity index (χ2v) is 10.1. The maximum Gasteiger partial charge on any atom is 0.299 e. The summed E-state index contributed by atoms with van der Waals surface area (Å²) in [7, 11) is 2.07. The molecule has 1 saturated heterocycles. The van der Waals surface area contributed by atoms with Crippen LogP contribution in [0.1, 0.15) is 12.5 Å². The molecule has 11 nitrogen and oxygen atoms in total. The fourth-order valence-corrected chi connectivity index (χ4v) is 4.90. The molecule has 43 heavy (non-hydrogen) atoms. The number of likely N-dealkylation sites (N-methyl/N-ethyl adjacent to an activating group) is 1. The van der Waals surface area contributed by atoms with Crippen molar-refractivity contribution in [3.63, 3.8) is 0 Å². The second-order valence-electron chi connectivity index (χ2n) is 10.1. The van der Waals surface area contributed by atoms with Crippen molar-refractivity contribution >= 4 is 34.3 Å². The van der Waals surface area contributed by atoms with Gasteiger partial charge < -0.3 is 20.3 Å². The average molecular weight is 585 g/mol. The van der Waals surface area contributed by atoms with Gasteiger partial charge in [-0.1, -0.05) is 12.6 Å². The van der Waals surface area contributed by atoms with Gasteiger partial charge in [0.2, 0.25) is 11.9 Å². The summed E-state index contributed by atoms with van der Waals surface area (Å²) in [5.41, 5.74) is 0.946. The quantitative estimate of drug-likeness (QED) is 0.250. The van der Waals surface area contributed by atoms with E-state index in [4.69, 9.17) is 4.74 Å². The van der Waals surface area contributed by atoms with E-state index in [1.54, 1.807) is 30.5 Å². The fraction of sp³-hybridized carbons (Fsp3) is 0.167. The summed E-state index contributed by atoms with van der Waals surface area (Å²) in [5.74, 6) is -2.56. The highest BCUT2D eigenvalue weighted by Gasteiger charge is 2.22. The summed E-state index contributed by atoms with van der Waals surface area (Å²) in [6.45, 7) is 5.36. The fourth-order valence-electron chi connectivity index (χ4n) is 4.90. The van der Waals surface area contributed by atoms with E-state index < -0.39 is 23.1 Å². The predicted molar refractivity (Wildman–Crippen MR) is 157 cm³/mol. The van der Waals surface area contributed by atoms with Crippen LogP contribution in [0.5, 0.6) is 11.5 Å². The summed E-state index contributed by atoms with van der Waals surface area (Å²) < 4.78 is 36.7. The normalized spacial score (nSPS) is 15.0. The number of anilines is 3. The third-order valence-corrected chi connectivity index (χ3v) is 6.98. The Morgan fingerprint density at radius 1 is 1.12 bits per heavy atom. The monoisotopic (exact) mass is 584 g/mol. The zero-order valence-electron chi connectivity index (χ0n) is 23.0. The van der Waals surface area contributed by atoms with E-state index >= 15 is 0 Å². The number of halogens is 2.